The van der Waals surface area contributed by atoms with Crippen LogP contribution >= 0.6 is 23.2 Å². The van der Waals surface area contributed by atoms with Crippen molar-refractivity contribution >= 4 is 23.2 Å². The van der Waals surface area contributed by atoms with Crippen LogP contribution < -0.4 is 11.3 Å². The number of hydrazine groups is 1. The average molecular weight is 313 g/mol. The fraction of sp³-hybridized carbons (Fsp3) is 0.357. The van der Waals surface area contributed by atoms with Crippen molar-refractivity contribution in [1.82, 2.24) is 15.2 Å². The molecule has 4 nitrogen and oxygen atoms in total. The Kier molecular flexibility index (Phi) is 4.70. The van der Waals surface area contributed by atoms with Crippen LogP contribution in [0, 0.1) is 13.8 Å². The summed E-state index contributed by atoms with van der Waals surface area (Å²) in [5, 5.41) is 5.56. The molecule has 2 aromatic rings. The molecule has 0 fully saturated rings. The minimum absolute atomic E-state index is 0.0559. The first-order valence-corrected chi connectivity index (χ1v) is 7.10. The van der Waals surface area contributed by atoms with E-state index < -0.39 is 0 Å². The van der Waals surface area contributed by atoms with Gasteiger partial charge in [0.2, 0.25) is 0 Å². The molecule has 0 saturated carbocycles. The molecule has 0 amide bonds. The Hall–Kier alpha value is -1.07. The lowest BCUT2D eigenvalue weighted by molar-refractivity contribution is 0.546. The average Bonchev–Trinajstić information content (AvgIpc) is 2.66. The van der Waals surface area contributed by atoms with Crippen molar-refractivity contribution in [1.29, 1.82) is 0 Å². The monoisotopic (exact) mass is 312 g/mol. The number of rotatable bonds is 4. The normalized spacial score (nSPS) is 12.7. The molecule has 0 radical (unpaired) electrons. The predicted octanol–water partition coefficient (Wildman–Crippen LogP) is 3.09. The van der Waals surface area contributed by atoms with Crippen molar-refractivity contribution in [3.63, 3.8) is 0 Å². The van der Waals surface area contributed by atoms with Crippen LogP contribution in [0.15, 0.2) is 18.2 Å². The first-order valence-electron chi connectivity index (χ1n) is 6.34. The van der Waals surface area contributed by atoms with Crippen LogP contribution in [-0.2, 0) is 13.5 Å². The van der Waals surface area contributed by atoms with Crippen molar-refractivity contribution in [2.45, 2.75) is 26.3 Å². The van der Waals surface area contributed by atoms with Crippen LogP contribution in [0.25, 0.3) is 0 Å². The molecule has 0 spiro atoms. The van der Waals surface area contributed by atoms with Crippen LogP contribution in [0.2, 0.25) is 10.0 Å². The smallest absolute Gasteiger partial charge is 0.0644 e. The molecule has 0 aliphatic rings. The standard InChI is InChI=1S/C14H18Cl2N4/c1-8-13(9(2)20(3)19-8)12(18-17)7-10-5-4-6-11(15)14(10)16/h4-6,12,18H,7,17H2,1-3H3. The summed E-state index contributed by atoms with van der Waals surface area (Å²) >= 11 is 12.3. The quantitative estimate of drug-likeness (QED) is 0.674. The summed E-state index contributed by atoms with van der Waals surface area (Å²) in [7, 11) is 1.92. The van der Waals surface area contributed by atoms with Gasteiger partial charge in [-0.1, -0.05) is 35.3 Å². The van der Waals surface area contributed by atoms with Gasteiger partial charge in [-0.05, 0) is 31.9 Å². The van der Waals surface area contributed by atoms with Crippen LogP contribution in [-0.4, -0.2) is 9.78 Å². The molecule has 1 aromatic heterocycles. The molecule has 1 aromatic carbocycles. The SMILES string of the molecule is Cc1nn(C)c(C)c1C(Cc1cccc(Cl)c1Cl)NN. The highest BCUT2D eigenvalue weighted by molar-refractivity contribution is 6.42. The molecule has 108 valence electrons. The zero-order chi connectivity index (χ0) is 14.9. The minimum Gasteiger partial charge on any atom is -0.272 e. The third-order valence-corrected chi connectivity index (χ3v) is 4.43. The molecule has 3 N–H and O–H groups in total. The van der Waals surface area contributed by atoms with Crippen molar-refractivity contribution in [2.75, 3.05) is 0 Å². The number of nitrogens with two attached hydrogens (primary N) is 1. The van der Waals surface area contributed by atoms with E-state index in [0.717, 1.165) is 22.5 Å². The number of benzene rings is 1. The second-order valence-corrected chi connectivity index (χ2v) is 5.63. The van der Waals surface area contributed by atoms with Crippen LogP contribution in [0.5, 0.6) is 0 Å². The van der Waals surface area contributed by atoms with E-state index in [-0.39, 0.29) is 6.04 Å². The number of halogens is 2. The summed E-state index contributed by atoms with van der Waals surface area (Å²) in [6.07, 6.45) is 0.656. The van der Waals surface area contributed by atoms with Gasteiger partial charge < -0.3 is 0 Å². The topological polar surface area (TPSA) is 55.9 Å². The lowest BCUT2D eigenvalue weighted by Gasteiger charge is -2.18. The van der Waals surface area contributed by atoms with Gasteiger partial charge in [-0.2, -0.15) is 5.10 Å². The van der Waals surface area contributed by atoms with Gasteiger partial charge >= 0.3 is 0 Å². The predicted molar refractivity (Wildman–Crippen MR) is 82.9 cm³/mol. The van der Waals surface area contributed by atoms with Gasteiger partial charge in [0.1, 0.15) is 0 Å². The summed E-state index contributed by atoms with van der Waals surface area (Å²) in [6, 6.07) is 5.57. The zero-order valence-corrected chi connectivity index (χ0v) is 13.3. The van der Waals surface area contributed by atoms with Gasteiger partial charge in [-0.25, -0.2) is 0 Å². The largest absolute Gasteiger partial charge is 0.272 e. The molecule has 1 heterocycles. The summed E-state index contributed by atoms with van der Waals surface area (Å²) in [4.78, 5) is 0. The maximum Gasteiger partial charge on any atom is 0.0644 e. The maximum atomic E-state index is 6.25. The van der Waals surface area contributed by atoms with E-state index in [9.17, 15) is 0 Å². The summed E-state index contributed by atoms with van der Waals surface area (Å²) in [6.45, 7) is 4.01. The molecule has 0 aliphatic carbocycles. The van der Waals surface area contributed by atoms with Gasteiger partial charge in [0.15, 0.2) is 0 Å². The fourth-order valence-electron chi connectivity index (χ4n) is 2.46. The lowest BCUT2D eigenvalue weighted by Crippen LogP contribution is -2.30. The summed E-state index contributed by atoms with van der Waals surface area (Å²) < 4.78 is 1.86. The Morgan fingerprint density at radius 3 is 2.60 bits per heavy atom. The molecular weight excluding hydrogens is 295 g/mol. The van der Waals surface area contributed by atoms with Crippen molar-refractivity contribution in [2.24, 2.45) is 12.9 Å². The van der Waals surface area contributed by atoms with Crippen molar-refractivity contribution < 1.29 is 0 Å². The van der Waals surface area contributed by atoms with Gasteiger partial charge in [-0.3, -0.25) is 16.0 Å². The molecule has 0 aliphatic heterocycles. The van der Waals surface area contributed by atoms with E-state index in [1.165, 1.54) is 0 Å². The highest BCUT2D eigenvalue weighted by atomic mass is 35.5. The van der Waals surface area contributed by atoms with Crippen LogP contribution in [0.1, 0.15) is 28.6 Å². The molecule has 0 saturated heterocycles. The summed E-state index contributed by atoms with van der Waals surface area (Å²) in [5.41, 5.74) is 6.97. The number of hydrogen-bond acceptors (Lipinski definition) is 3. The second-order valence-electron chi connectivity index (χ2n) is 4.84. The second kappa shape index (κ2) is 6.14. The molecule has 1 atom stereocenters. The van der Waals surface area contributed by atoms with Crippen LogP contribution in [0.4, 0.5) is 0 Å². The Morgan fingerprint density at radius 2 is 2.05 bits per heavy atom. The highest BCUT2D eigenvalue weighted by Crippen LogP contribution is 2.30. The number of nitrogens with zero attached hydrogens (tertiary/aromatic N) is 2. The number of aryl methyl sites for hydroxylation is 2. The summed E-state index contributed by atoms with van der Waals surface area (Å²) in [5.74, 6) is 5.72. The van der Waals surface area contributed by atoms with E-state index in [1.54, 1.807) is 6.07 Å². The van der Waals surface area contributed by atoms with Crippen LogP contribution in [0.3, 0.4) is 0 Å². The Bertz CT molecular complexity index is 622. The van der Waals surface area contributed by atoms with E-state index >= 15 is 0 Å². The first-order chi connectivity index (χ1) is 9.45. The van der Waals surface area contributed by atoms with Gasteiger partial charge in [0, 0.05) is 18.3 Å². The Labute approximate surface area is 128 Å². The van der Waals surface area contributed by atoms with Gasteiger partial charge in [0.05, 0.1) is 21.8 Å². The van der Waals surface area contributed by atoms with E-state index in [1.807, 2.05) is 37.7 Å². The van der Waals surface area contributed by atoms with Gasteiger partial charge in [-0.15, -0.1) is 0 Å². The number of nitrogens with one attached hydrogen (secondary N) is 1. The van der Waals surface area contributed by atoms with E-state index in [2.05, 4.69) is 10.5 Å². The highest BCUT2D eigenvalue weighted by Gasteiger charge is 2.20. The molecule has 2 rings (SSSR count). The third kappa shape index (κ3) is 2.83. The number of hydrogen-bond donors (Lipinski definition) is 2. The maximum absolute atomic E-state index is 6.25. The van der Waals surface area contributed by atoms with Crippen molar-refractivity contribution in [3.05, 3.63) is 50.8 Å². The molecule has 6 heteroatoms. The van der Waals surface area contributed by atoms with E-state index in [0.29, 0.717) is 16.5 Å². The van der Waals surface area contributed by atoms with E-state index in [4.69, 9.17) is 29.0 Å². The number of aromatic nitrogens is 2. The fourth-order valence-corrected chi connectivity index (χ4v) is 2.86. The third-order valence-electron chi connectivity index (χ3n) is 3.57. The first kappa shape index (κ1) is 15.3. The Balaban J connectivity index is 2.36. The molecular formula is C14H18Cl2N4. The van der Waals surface area contributed by atoms with Gasteiger partial charge in [0.25, 0.3) is 0 Å². The zero-order valence-electron chi connectivity index (χ0n) is 11.7. The Morgan fingerprint density at radius 1 is 1.35 bits per heavy atom. The lowest BCUT2D eigenvalue weighted by atomic mass is 9.98. The minimum atomic E-state index is -0.0559. The molecule has 20 heavy (non-hydrogen) atoms. The van der Waals surface area contributed by atoms with Crippen molar-refractivity contribution in [3.8, 4) is 0 Å². The molecule has 0 bridgehead atoms. The molecule has 1 unspecified atom stereocenters.